The van der Waals surface area contributed by atoms with Gasteiger partial charge in [0.15, 0.2) is 17.6 Å². The molecule has 1 aliphatic rings. The van der Waals surface area contributed by atoms with E-state index in [-0.39, 0.29) is 5.91 Å². The zero-order valence-corrected chi connectivity index (χ0v) is 13.3. The minimum absolute atomic E-state index is 0.276. The molecule has 1 N–H and O–H groups in total. The van der Waals surface area contributed by atoms with E-state index >= 15 is 0 Å². The van der Waals surface area contributed by atoms with E-state index in [0.29, 0.717) is 41.2 Å². The van der Waals surface area contributed by atoms with E-state index in [2.05, 4.69) is 5.32 Å². The maximum Gasteiger partial charge on any atom is 0.265 e. The number of hydrogen-bond acceptors (Lipinski definition) is 4. The number of rotatable bonds is 4. The molecule has 0 bridgehead atoms. The Morgan fingerprint density at radius 3 is 2.70 bits per heavy atom. The lowest BCUT2D eigenvalue weighted by Gasteiger charge is -2.20. The first-order valence-electron chi connectivity index (χ1n) is 7.25. The highest BCUT2D eigenvalue weighted by Crippen LogP contribution is 2.32. The number of benzene rings is 2. The number of amides is 1. The predicted octanol–water partition coefficient (Wildman–Crippen LogP) is 3.52. The predicted molar refractivity (Wildman–Crippen MR) is 87.6 cm³/mol. The van der Waals surface area contributed by atoms with Crippen LogP contribution in [0.3, 0.4) is 0 Å². The Kier molecular flexibility index (Phi) is 4.57. The first-order valence-corrected chi connectivity index (χ1v) is 7.63. The normalized spacial score (nSPS) is 14.0. The number of carbonyl (C=O) groups is 1. The zero-order valence-electron chi connectivity index (χ0n) is 12.5. The summed E-state index contributed by atoms with van der Waals surface area (Å²) in [6, 6.07) is 12.3. The summed E-state index contributed by atoms with van der Waals surface area (Å²) in [6.07, 6.45) is -0.692. The fourth-order valence-corrected chi connectivity index (χ4v) is 2.33. The van der Waals surface area contributed by atoms with E-state index in [0.717, 1.165) is 0 Å². The Hall–Kier alpha value is -2.40. The average molecular weight is 334 g/mol. The van der Waals surface area contributed by atoms with Gasteiger partial charge in [-0.3, -0.25) is 4.79 Å². The second-order valence-corrected chi connectivity index (χ2v) is 5.45. The Bertz CT molecular complexity index is 719. The number of fused-ring (bicyclic) bond motifs is 1. The third kappa shape index (κ3) is 3.68. The van der Waals surface area contributed by atoms with Crippen molar-refractivity contribution in [1.29, 1.82) is 0 Å². The molecule has 1 heterocycles. The van der Waals surface area contributed by atoms with Crippen LogP contribution in [-0.4, -0.2) is 25.2 Å². The molecule has 1 atom stereocenters. The van der Waals surface area contributed by atoms with Gasteiger partial charge in [-0.15, -0.1) is 0 Å². The van der Waals surface area contributed by atoms with E-state index in [1.54, 1.807) is 49.4 Å². The molecule has 1 amide bonds. The lowest BCUT2D eigenvalue weighted by Crippen LogP contribution is -2.30. The van der Waals surface area contributed by atoms with Crippen LogP contribution in [0.2, 0.25) is 5.02 Å². The van der Waals surface area contributed by atoms with E-state index < -0.39 is 6.10 Å². The summed E-state index contributed by atoms with van der Waals surface area (Å²) in [6.45, 7) is 2.69. The van der Waals surface area contributed by atoms with Crippen molar-refractivity contribution in [2.45, 2.75) is 13.0 Å². The molecule has 23 heavy (non-hydrogen) atoms. The lowest BCUT2D eigenvalue weighted by molar-refractivity contribution is -0.122. The highest BCUT2D eigenvalue weighted by molar-refractivity contribution is 6.32. The molecule has 3 rings (SSSR count). The standard InChI is InChI=1S/C17H16ClNO4/c1-11(23-14-5-3-2-4-13(14)18)17(20)19-12-6-7-15-16(10-12)22-9-8-21-15/h2-7,10-11H,8-9H2,1H3,(H,19,20)/t11-/m1/s1. The first kappa shape index (κ1) is 15.5. The van der Waals surface area contributed by atoms with Crippen molar-refractivity contribution in [3.05, 3.63) is 47.5 Å². The molecule has 6 heteroatoms. The highest BCUT2D eigenvalue weighted by atomic mass is 35.5. The van der Waals surface area contributed by atoms with Gasteiger partial charge in [0.1, 0.15) is 19.0 Å². The summed E-state index contributed by atoms with van der Waals surface area (Å²) in [7, 11) is 0. The zero-order chi connectivity index (χ0) is 16.2. The van der Waals surface area contributed by atoms with Crippen LogP contribution in [0.25, 0.3) is 0 Å². The largest absolute Gasteiger partial charge is 0.486 e. The van der Waals surface area contributed by atoms with Crippen molar-refractivity contribution in [3.8, 4) is 17.2 Å². The van der Waals surface area contributed by atoms with Gasteiger partial charge in [0, 0.05) is 11.8 Å². The molecule has 0 aliphatic carbocycles. The number of hydrogen-bond donors (Lipinski definition) is 1. The summed E-state index contributed by atoms with van der Waals surface area (Å²) in [5.41, 5.74) is 0.619. The minimum atomic E-state index is -0.692. The van der Waals surface area contributed by atoms with Gasteiger partial charge in [0.25, 0.3) is 5.91 Å². The van der Waals surface area contributed by atoms with Crippen LogP contribution in [0.15, 0.2) is 42.5 Å². The third-order valence-corrected chi connectivity index (χ3v) is 3.63. The first-order chi connectivity index (χ1) is 11.1. The second kappa shape index (κ2) is 6.79. The third-order valence-electron chi connectivity index (χ3n) is 3.32. The summed E-state index contributed by atoms with van der Waals surface area (Å²) in [4.78, 5) is 12.2. The molecule has 0 saturated heterocycles. The molecule has 0 saturated carbocycles. The van der Waals surface area contributed by atoms with Crippen LogP contribution in [0.5, 0.6) is 17.2 Å². The Balaban J connectivity index is 1.65. The summed E-state index contributed by atoms with van der Waals surface area (Å²) >= 11 is 6.03. The molecule has 2 aromatic carbocycles. The van der Waals surface area contributed by atoms with Crippen molar-refractivity contribution in [2.75, 3.05) is 18.5 Å². The fourth-order valence-electron chi connectivity index (χ4n) is 2.15. The molecule has 0 aromatic heterocycles. The molecule has 0 spiro atoms. The Morgan fingerprint density at radius 1 is 1.17 bits per heavy atom. The molecular formula is C17H16ClNO4. The molecule has 120 valence electrons. The van der Waals surface area contributed by atoms with Crippen molar-refractivity contribution in [2.24, 2.45) is 0 Å². The number of anilines is 1. The van der Waals surface area contributed by atoms with Gasteiger partial charge in [-0.25, -0.2) is 0 Å². The van der Waals surface area contributed by atoms with E-state index in [1.165, 1.54) is 0 Å². The molecule has 0 fully saturated rings. The number of para-hydroxylation sites is 1. The molecule has 1 aliphatic heterocycles. The van der Waals surface area contributed by atoms with Crippen molar-refractivity contribution >= 4 is 23.2 Å². The van der Waals surface area contributed by atoms with Gasteiger partial charge in [-0.2, -0.15) is 0 Å². The van der Waals surface area contributed by atoms with Crippen LogP contribution in [0.1, 0.15) is 6.92 Å². The smallest absolute Gasteiger partial charge is 0.265 e. The maximum atomic E-state index is 12.2. The van der Waals surface area contributed by atoms with Gasteiger partial charge in [0.05, 0.1) is 5.02 Å². The van der Waals surface area contributed by atoms with Crippen LogP contribution in [0.4, 0.5) is 5.69 Å². The topological polar surface area (TPSA) is 56.8 Å². The monoisotopic (exact) mass is 333 g/mol. The number of nitrogens with one attached hydrogen (secondary N) is 1. The van der Waals surface area contributed by atoms with Crippen molar-refractivity contribution in [1.82, 2.24) is 0 Å². The number of ether oxygens (including phenoxy) is 3. The van der Waals surface area contributed by atoms with E-state index in [1.807, 2.05) is 0 Å². The maximum absolute atomic E-state index is 12.2. The number of halogens is 1. The van der Waals surface area contributed by atoms with Gasteiger partial charge in [-0.1, -0.05) is 23.7 Å². The van der Waals surface area contributed by atoms with Crippen LogP contribution in [0, 0.1) is 0 Å². The second-order valence-electron chi connectivity index (χ2n) is 5.04. The molecule has 0 unspecified atom stereocenters. The average Bonchev–Trinajstić information content (AvgIpc) is 2.56. The number of carbonyl (C=O) groups excluding carboxylic acids is 1. The highest BCUT2D eigenvalue weighted by Gasteiger charge is 2.18. The van der Waals surface area contributed by atoms with Gasteiger partial charge >= 0.3 is 0 Å². The lowest BCUT2D eigenvalue weighted by atomic mass is 10.2. The van der Waals surface area contributed by atoms with Crippen molar-refractivity contribution < 1.29 is 19.0 Å². The molecule has 5 nitrogen and oxygen atoms in total. The summed E-state index contributed by atoms with van der Waals surface area (Å²) in [5, 5.41) is 3.25. The van der Waals surface area contributed by atoms with Crippen LogP contribution >= 0.6 is 11.6 Å². The fraction of sp³-hybridized carbons (Fsp3) is 0.235. The quantitative estimate of drug-likeness (QED) is 0.930. The summed E-state index contributed by atoms with van der Waals surface area (Å²) < 4.78 is 16.5. The van der Waals surface area contributed by atoms with Gasteiger partial charge in [0.2, 0.25) is 0 Å². The van der Waals surface area contributed by atoms with Crippen LogP contribution in [-0.2, 0) is 4.79 Å². The summed E-state index contributed by atoms with van der Waals surface area (Å²) in [5.74, 6) is 1.49. The van der Waals surface area contributed by atoms with E-state index in [4.69, 9.17) is 25.8 Å². The van der Waals surface area contributed by atoms with E-state index in [9.17, 15) is 4.79 Å². The minimum Gasteiger partial charge on any atom is -0.486 e. The van der Waals surface area contributed by atoms with Gasteiger partial charge < -0.3 is 19.5 Å². The molecule has 0 radical (unpaired) electrons. The van der Waals surface area contributed by atoms with Crippen molar-refractivity contribution in [3.63, 3.8) is 0 Å². The van der Waals surface area contributed by atoms with Crippen LogP contribution < -0.4 is 19.5 Å². The molecular weight excluding hydrogens is 318 g/mol. The Morgan fingerprint density at radius 2 is 1.91 bits per heavy atom. The molecule has 2 aromatic rings. The SMILES string of the molecule is C[C@@H](Oc1ccccc1Cl)C(=O)Nc1ccc2c(c1)OCCO2. The van der Waals surface area contributed by atoms with Gasteiger partial charge in [-0.05, 0) is 31.2 Å². The Labute approximate surface area is 139 Å².